The zero-order chi connectivity index (χ0) is 21.8. The van der Waals surface area contributed by atoms with Gasteiger partial charge in [0.15, 0.2) is 0 Å². The van der Waals surface area contributed by atoms with Crippen molar-refractivity contribution in [1.82, 2.24) is 25.6 Å². The maximum Gasteiger partial charge on any atom is 0.254 e. The molecule has 0 aliphatic carbocycles. The SMILES string of the molecule is CCN(CC)CC1(C=C2NC=CN=C2C2C=NNC2=O)C=C(c2cnccn2)C(C)=N1. The van der Waals surface area contributed by atoms with Crippen LogP contribution in [0.15, 0.2) is 63.9 Å². The summed E-state index contributed by atoms with van der Waals surface area (Å²) in [6, 6.07) is 0. The fourth-order valence-electron chi connectivity index (χ4n) is 3.97. The minimum atomic E-state index is -0.635. The standard InChI is InChI=1S/C22H26N8O/c1-4-30(5-2)14-22(10-16(15(3)28-22)19-13-23-6-7-25-19)11-18-20(26-9-8-24-18)17-12-27-29-21(17)31/h6-13,17,24H,4-5,14H2,1-3H3,(H,29,31). The lowest BCUT2D eigenvalue weighted by atomic mass is 9.92. The van der Waals surface area contributed by atoms with E-state index in [2.05, 4.69) is 61.7 Å². The molecule has 9 nitrogen and oxygen atoms in total. The molecule has 3 aliphatic heterocycles. The van der Waals surface area contributed by atoms with E-state index in [1.165, 1.54) is 0 Å². The monoisotopic (exact) mass is 418 g/mol. The molecule has 0 fully saturated rings. The van der Waals surface area contributed by atoms with E-state index < -0.39 is 11.5 Å². The van der Waals surface area contributed by atoms with E-state index >= 15 is 0 Å². The van der Waals surface area contributed by atoms with Gasteiger partial charge in [-0.25, -0.2) is 5.43 Å². The van der Waals surface area contributed by atoms with Gasteiger partial charge in [0.2, 0.25) is 0 Å². The summed E-state index contributed by atoms with van der Waals surface area (Å²) in [4.78, 5) is 32.8. The molecule has 1 aromatic heterocycles. The Labute approximate surface area is 181 Å². The molecule has 2 unspecified atom stereocenters. The summed E-state index contributed by atoms with van der Waals surface area (Å²) in [5.74, 6) is -0.731. The minimum Gasteiger partial charge on any atom is -0.359 e. The molecule has 2 N–H and O–H groups in total. The summed E-state index contributed by atoms with van der Waals surface area (Å²) in [6.07, 6.45) is 14.3. The minimum absolute atomic E-state index is 0.193. The first kappa shape index (κ1) is 20.8. The van der Waals surface area contributed by atoms with Crippen LogP contribution in [0.4, 0.5) is 0 Å². The molecule has 0 saturated carbocycles. The quantitative estimate of drug-likeness (QED) is 0.699. The molecule has 4 heterocycles. The third kappa shape index (κ3) is 4.22. The highest BCUT2D eigenvalue weighted by Gasteiger charge is 2.37. The van der Waals surface area contributed by atoms with Crippen LogP contribution in [0, 0.1) is 5.92 Å². The number of hydrogen-bond acceptors (Lipinski definition) is 8. The van der Waals surface area contributed by atoms with E-state index in [0.29, 0.717) is 12.3 Å². The van der Waals surface area contributed by atoms with Gasteiger partial charge in [0.05, 0.1) is 23.3 Å². The maximum atomic E-state index is 12.2. The van der Waals surface area contributed by atoms with Gasteiger partial charge in [-0.3, -0.25) is 24.7 Å². The Balaban J connectivity index is 1.78. The van der Waals surface area contributed by atoms with Gasteiger partial charge in [-0.05, 0) is 32.2 Å². The van der Waals surface area contributed by atoms with Crippen molar-refractivity contribution in [2.24, 2.45) is 21.0 Å². The number of carbonyl (C=O) groups excluding carboxylic acids is 1. The van der Waals surface area contributed by atoms with Gasteiger partial charge >= 0.3 is 0 Å². The molecule has 1 aromatic rings. The smallest absolute Gasteiger partial charge is 0.254 e. The highest BCUT2D eigenvalue weighted by molar-refractivity contribution is 6.25. The van der Waals surface area contributed by atoms with Crippen LogP contribution in [0.2, 0.25) is 0 Å². The Morgan fingerprint density at radius 3 is 2.77 bits per heavy atom. The first-order valence-corrected chi connectivity index (χ1v) is 10.4. The lowest BCUT2D eigenvalue weighted by Gasteiger charge is -2.30. The summed E-state index contributed by atoms with van der Waals surface area (Å²) in [5.41, 5.74) is 5.86. The zero-order valence-corrected chi connectivity index (χ0v) is 17.9. The van der Waals surface area contributed by atoms with Gasteiger partial charge in [-0.15, -0.1) is 0 Å². The second-order valence-corrected chi connectivity index (χ2v) is 7.56. The maximum absolute atomic E-state index is 12.2. The fraction of sp³-hybridized carbons (Fsp3) is 0.364. The van der Waals surface area contributed by atoms with Crippen molar-refractivity contribution in [1.29, 1.82) is 0 Å². The van der Waals surface area contributed by atoms with Gasteiger partial charge in [0, 0.05) is 48.8 Å². The van der Waals surface area contributed by atoms with Crippen molar-refractivity contribution >= 4 is 29.1 Å². The predicted molar refractivity (Wildman–Crippen MR) is 122 cm³/mol. The van der Waals surface area contributed by atoms with E-state index in [1.54, 1.807) is 37.2 Å². The highest BCUT2D eigenvalue weighted by Crippen LogP contribution is 2.33. The summed E-state index contributed by atoms with van der Waals surface area (Å²) in [7, 11) is 0. The third-order valence-electron chi connectivity index (χ3n) is 5.54. The number of hydrogen-bond donors (Lipinski definition) is 2. The van der Waals surface area contributed by atoms with Gasteiger partial charge in [0.25, 0.3) is 5.91 Å². The van der Waals surface area contributed by atoms with E-state index in [9.17, 15) is 4.79 Å². The van der Waals surface area contributed by atoms with Crippen LogP contribution >= 0.6 is 0 Å². The van der Waals surface area contributed by atoms with Crippen LogP contribution in [-0.4, -0.2) is 63.6 Å². The largest absolute Gasteiger partial charge is 0.359 e. The van der Waals surface area contributed by atoms with Crippen molar-refractivity contribution in [3.05, 3.63) is 54.5 Å². The normalized spacial score (nSPS) is 26.1. The zero-order valence-electron chi connectivity index (χ0n) is 17.9. The number of hydrazone groups is 1. The number of nitrogens with one attached hydrogen (secondary N) is 2. The first-order chi connectivity index (χ1) is 15.0. The molecule has 1 amide bonds. The number of allylic oxidation sites excluding steroid dienone is 2. The van der Waals surface area contributed by atoms with Crippen molar-refractivity contribution in [2.45, 2.75) is 26.3 Å². The van der Waals surface area contributed by atoms with Gasteiger partial charge in [-0.2, -0.15) is 5.10 Å². The summed E-state index contributed by atoms with van der Waals surface area (Å²) >= 11 is 0. The Kier molecular flexibility index (Phi) is 5.85. The topological polar surface area (TPSA) is 107 Å². The van der Waals surface area contributed by atoms with Crippen molar-refractivity contribution in [3.8, 4) is 0 Å². The van der Waals surface area contributed by atoms with Crippen LogP contribution in [0.25, 0.3) is 5.57 Å². The second-order valence-electron chi connectivity index (χ2n) is 7.56. The fourth-order valence-corrected chi connectivity index (χ4v) is 3.97. The number of aromatic nitrogens is 2. The molecule has 9 heteroatoms. The van der Waals surface area contributed by atoms with E-state index in [-0.39, 0.29) is 5.91 Å². The Bertz CT molecular complexity index is 1030. The van der Waals surface area contributed by atoms with Crippen molar-refractivity contribution in [2.75, 3.05) is 19.6 Å². The number of likely N-dealkylation sites (N-methyl/N-ethyl adjacent to an activating group) is 1. The summed E-state index contributed by atoms with van der Waals surface area (Å²) in [6.45, 7) is 8.75. The van der Waals surface area contributed by atoms with E-state index in [4.69, 9.17) is 4.99 Å². The average molecular weight is 419 g/mol. The lowest BCUT2D eigenvalue weighted by molar-refractivity contribution is -0.120. The molecule has 2 atom stereocenters. The van der Waals surface area contributed by atoms with Gasteiger partial charge in [-0.1, -0.05) is 13.8 Å². The van der Waals surface area contributed by atoms with Crippen LogP contribution in [0.1, 0.15) is 26.5 Å². The number of aliphatic imine (C=N–C) groups is 2. The molecule has 4 rings (SSSR count). The second kappa shape index (κ2) is 8.73. The summed E-state index contributed by atoms with van der Waals surface area (Å²) in [5, 5.41) is 7.16. The molecule has 3 aliphatic rings. The molecule has 0 saturated heterocycles. The van der Waals surface area contributed by atoms with Crippen molar-refractivity contribution in [3.63, 3.8) is 0 Å². The molecular weight excluding hydrogens is 392 g/mol. The molecular formula is C22H26N8O. The van der Waals surface area contributed by atoms with Crippen LogP contribution in [0.3, 0.4) is 0 Å². The Morgan fingerprint density at radius 1 is 1.26 bits per heavy atom. The number of rotatable bonds is 7. The first-order valence-electron chi connectivity index (χ1n) is 10.4. The van der Waals surface area contributed by atoms with Crippen molar-refractivity contribution < 1.29 is 4.79 Å². The van der Waals surface area contributed by atoms with Crippen LogP contribution < -0.4 is 10.7 Å². The molecule has 0 bridgehead atoms. The highest BCUT2D eigenvalue weighted by atomic mass is 16.2. The molecule has 0 radical (unpaired) electrons. The molecule has 0 spiro atoms. The molecule has 31 heavy (non-hydrogen) atoms. The predicted octanol–water partition coefficient (Wildman–Crippen LogP) is 1.55. The lowest BCUT2D eigenvalue weighted by Crippen LogP contribution is -2.41. The average Bonchev–Trinajstić information content (AvgIpc) is 3.36. The Morgan fingerprint density at radius 2 is 2.10 bits per heavy atom. The number of carbonyl (C=O) groups is 1. The van der Waals surface area contributed by atoms with Crippen LogP contribution in [0.5, 0.6) is 0 Å². The van der Waals surface area contributed by atoms with Crippen LogP contribution in [-0.2, 0) is 4.79 Å². The Hall–Kier alpha value is -3.46. The van der Waals surface area contributed by atoms with Gasteiger partial charge < -0.3 is 10.2 Å². The van der Waals surface area contributed by atoms with E-state index in [1.807, 2.05) is 6.92 Å². The van der Waals surface area contributed by atoms with E-state index in [0.717, 1.165) is 35.8 Å². The number of amides is 1. The number of nitrogens with zero attached hydrogens (tertiary/aromatic N) is 6. The molecule has 160 valence electrons. The summed E-state index contributed by atoms with van der Waals surface area (Å²) < 4.78 is 0. The molecule has 0 aromatic carbocycles. The third-order valence-corrected chi connectivity index (χ3v) is 5.54. The van der Waals surface area contributed by atoms with Gasteiger partial charge in [0.1, 0.15) is 11.5 Å².